The zero-order chi connectivity index (χ0) is 9.26. The number of pyridine rings is 1. The third kappa shape index (κ3) is 1.30. The average molecular weight is 233 g/mol. The minimum Gasteiger partial charge on any atom is -0.255 e. The molecule has 0 amide bonds. The van der Waals surface area contributed by atoms with E-state index in [2.05, 4.69) is 27.0 Å². The lowest BCUT2D eigenvalue weighted by molar-refractivity contribution is 1.36. The number of nitrogens with zero attached hydrogens (tertiary/aromatic N) is 2. The average Bonchev–Trinajstić information content (AvgIpc) is 2.18. The molecule has 0 aliphatic carbocycles. The molecule has 0 bridgehead atoms. The van der Waals surface area contributed by atoms with E-state index >= 15 is 0 Å². The molecule has 0 atom stereocenters. The van der Waals surface area contributed by atoms with Gasteiger partial charge in [-0.05, 0) is 22.0 Å². The summed E-state index contributed by atoms with van der Waals surface area (Å²) in [5.74, 6) is 0. The van der Waals surface area contributed by atoms with E-state index in [-0.39, 0.29) is 0 Å². The Morgan fingerprint density at radius 3 is 2.85 bits per heavy atom. The lowest BCUT2D eigenvalue weighted by Gasteiger charge is -1.99. The second kappa shape index (κ2) is 3.15. The molecule has 2 nitrogen and oxygen atoms in total. The molecular weight excluding hydrogens is 228 g/mol. The Hall–Kier alpha value is -1.40. The molecule has 0 aliphatic rings. The van der Waals surface area contributed by atoms with E-state index in [0.29, 0.717) is 5.56 Å². The molecule has 0 unspecified atom stereocenters. The van der Waals surface area contributed by atoms with Gasteiger partial charge in [-0.1, -0.05) is 18.2 Å². The first-order valence-electron chi connectivity index (χ1n) is 3.76. The molecule has 1 aromatic carbocycles. The molecule has 0 spiro atoms. The first-order valence-corrected chi connectivity index (χ1v) is 4.55. The summed E-state index contributed by atoms with van der Waals surface area (Å²) in [5.41, 5.74) is 1.49. The van der Waals surface area contributed by atoms with E-state index in [1.165, 1.54) is 0 Å². The molecule has 1 heterocycles. The van der Waals surface area contributed by atoms with Crippen LogP contribution in [0.25, 0.3) is 10.9 Å². The first kappa shape index (κ1) is 8.21. The number of rotatable bonds is 0. The fraction of sp³-hybridized carbons (Fsp3) is 0. The minimum atomic E-state index is 0.644. The number of fused-ring (bicyclic) bond motifs is 1. The SMILES string of the molecule is N#Cc1c(Br)cnc2ccccc12. The van der Waals surface area contributed by atoms with Gasteiger partial charge in [-0.25, -0.2) is 0 Å². The van der Waals surface area contributed by atoms with Gasteiger partial charge in [0.15, 0.2) is 0 Å². The second-order valence-electron chi connectivity index (χ2n) is 2.61. The van der Waals surface area contributed by atoms with Crippen molar-refractivity contribution in [2.45, 2.75) is 0 Å². The Bertz CT molecular complexity index is 500. The lowest BCUT2D eigenvalue weighted by Crippen LogP contribution is -1.84. The van der Waals surface area contributed by atoms with Gasteiger partial charge in [0.05, 0.1) is 15.6 Å². The van der Waals surface area contributed by atoms with Crippen molar-refractivity contribution in [2.75, 3.05) is 0 Å². The Kier molecular flexibility index (Phi) is 1.99. The maximum absolute atomic E-state index is 8.91. The molecule has 62 valence electrons. The van der Waals surface area contributed by atoms with E-state index in [1.807, 2.05) is 24.3 Å². The monoisotopic (exact) mass is 232 g/mol. The maximum atomic E-state index is 8.91. The number of nitriles is 1. The van der Waals surface area contributed by atoms with Gasteiger partial charge >= 0.3 is 0 Å². The number of aromatic nitrogens is 1. The summed E-state index contributed by atoms with van der Waals surface area (Å²) in [5, 5.41) is 9.80. The van der Waals surface area contributed by atoms with Crippen LogP contribution in [0.4, 0.5) is 0 Å². The number of para-hydroxylation sites is 1. The van der Waals surface area contributed by atoms with Gasteiger partial charge in [-0.2, -0.15) is 5.26 Å². The Labute approximate surface area is 84.0 Å². The topological polar surface area (TPSA) is 36.7 Å². The van der Waals surface area contributed by atoms with Crippen LogP contribution >= 0.6 is 15.9 Å². The molecule has 2 aromatic rings. The van der Waals surface area contributed by atoms with E-state index in [0.717, 1.165) is 15.4 Å². The molecule has 3 heteroatoms. The third-order valence-corrected chi connectivity index (χ3v) is 2.44. The highest BCUT2D eigenvalue weighted by Crippen LogP contribution is 2.23. The van der Waals surface area contributed by atoms with Crippen LogP contribution in [0.15, 0.2) is 34.9 Å². The molecule has 1 aromatic heterocycles. The summed E-state index contributed by atoms with van der Waals surface area (Å²) in [4.78, 5) is 4.19. The van der Waals surface area contributed by atoms with Gasteiger partial charge in [-0.3, -0.25) is 4.98 Å². The van der Waals surface area contributed by atoms with Gasteiger partial charge in [0.1, 0.15) is 6.07 Å². The maximum Gasteiger partial charge on any atom is 0.101 e. The highest BCUT2D eigenvalue weighted by atomic mass is 79.9. The second-order valence-corrected chi connectivity index (χ2v) is 3.46. The van der Waals surface area contributed by atoms with Crippen LogP contribution < -0.4 is 0 Å². The smallest absolute Gasteiger partial charge is 0.101 e. The van der Waals surface area contributed by atoms with Crippen molar-refractivity contribution in [3.8, 4) is 6.07 Å². The van der Waals surface area contributed by atoms with Crippen molar-refractivity contribution in [2.24, 2.45) is 0 Å². The predicted octanol–water partition coefficient (Wildman–Crippen LogP) is 2.87. The van der Waals surface area contributed by atoms with E-state index in [4.69, 9.17) is 5.26 Å². The van der Waals surface area contributed by atoms with E-state index in [9.17, 15) is 0 Å². The molecule has 0 aliphatic heterocycles. The zero-order valence-corrected chi connectivity index (χ0v) is 8.25. The Balaban J connectivity index is 2.94. The number of benzene rings is 1. The van der Waals surface area contributed by atoms with Crippen LogP contribution in [-0.4, -0.2) is 4.98 Å². The van der Waals surface area contributed by atoms with Crippen LogP contribution in [0.1, 0.15) is 5.56 Å². The molecule has 0 saturated heterocycles. The fourth-order valence-corrected chi connectivity index (χ4v) is 1.64. The van der Waals surface area contributed by atoms with E-state index < -0.39 is 0 Å². The summed E-state index contributed by atoms with van der Waals surface area (Å²) in [7, 11) is 0. The molecule has 13 heavy (non-hydrogen) atoms. The summed E-state index contributed by atoms with van der Waals surface area (Å²) >= 11 is 3.29. The van der Waals surface area contributed by atoms with Crippen LogP contribution in [-0.2, 0) is 0 Å². The lowest BCUT2D eigenvalue weighted by atomic mass is 10.1. The normalized spacial score (nSPS) is 9.85. The summed E-state index contributed by atoms with van der Waals surface area (Å²) in [6.07, 6.45) is 1.65. The highest BCUT2D eigenvalue weighted by Gasteiger charge is 2.04. The quantitative estimate of drug-likeness (QED) is 0.701. The largest absolute Gasteiger partial charge is 0.255 e. The number of halogens is 1. The van der Waals surface area contributed by atoms with Crippen molar-refractivity contribution in [1.29, 1.82) is 5.26 Å². The van der Waals surface area contributed by atoms with E-state index in [1.54, 1.807) is 6.20 Å². The number of hydrogen-bond acceptors (Lipinski definition) is 2. The minimum absolute atomic E-state index is 0.644. The van der Waals surface area contributed by atoms with Crippen molar-refractivity contribution < 1.29 is 0 Å². The fourth-order valence-electron chi connectivity index (χ4n) is 1.23. The van der Waals surface area contributed by atoms with Gasteiger partial charge < -0.3 is 0 Å². The van der Waals surface area contributed by atoms with Crippen LogP contribution in [0, 0.1) is 11.3 Å². The van der Waals surface area contributed by atoms with Crippen LogP contribution in [0.5, 0.6) is 0 Å². The van der Waals surface area contributed by atoms with Gasteiger partial charge in [0, 0.05) is 11.6 Å². The van der Waals surface area contributed by atoms with Gasteiger partial charge in [-0.15, -0.1) is 0 Å². The summed E-state index contributed by atoms with van der Waals surface area (Å²) in [6, 6.07) is 9.74. The molecule has 0 radical (unpaired) electrons. The van der Waals surface area contributed by atoms with Gasteiger partial charge in [0.25, 0.3) is 0 Å². The van der Waals surface area contributed by atoms with Crippen LogP contribution in [0.3, 0.4) is 0 Å². The molecule has 0 saturated carbocycles. The Morgan fingerprint density at radius 1 is 1.31 bits per heavy atom. The summed E-state index contributed by atoms with van der Waals surface area (Å²) in [6.45, 7) is 0. The zero-order valence-electron chi connectivity index (χ0n) is 6.66. The molecular formula is C10H5BrN2. The summed E-state index contributed by atoms with van der Waals surface area (Å²) < 4.78 is 0.744. The molecule has 0 N–H and O–H groups in total. The standard InChI is InChI=1S/C10H5BrN2/c11-9-6-13-10-4-2-1-3-7(10)8(9)5-12/h1-4,6H. The Morgan fingerprint density at radius 2 is 2.08 bits per heavy atom. The van der Waals surface area contributed by atoms with Crippen molar-refractivity contribution in [3.05, 3.63) is 40.5 Å². The van der Waals surface area contributed by atoms with Crippen LogP contribution in [0.2, 0.25) is 0 Å². The van der Waals surface area contributed by atoms with Crippen molar-refractivity contribution in [3.63, 3.8) is 0 Å². The van der Waals surface area contributed by atoms with Crippen molar-refractivity contribution in [1.82, 2.24) is 4.98 Å². The molecule has 2 rings (SSSR count). The highest BCUT2D eigenvalue weighted by molar-refractivity contribution is 9.10. The van der Waals surface area contributed by atoms with Gasteiger partial charge in [0.2, 0.25) is 0 Å². The van der Waals surface area contributed by atoms with Crippen molar-refractivity contribution >= 4 is 26.8 Å². The number of hydrogen-bond donors (Lipinski definition) is 0. The molecule has 0 fully saturated rings. The predicted molar refractivity (Wildman–Crippen MR) is 54.2 cm³/mol. The third-order valence-electron chi connectivity index (χ3n) is 1.84. The first-order chi connectivity index (χ1) is 6.33.